The molecule has 0 spiro atoms. The van der Waals surface area contributed by atoms with Gasteiger partial charge in [-0.05, 0) is 36.4 Å². The van der Waals surface area contributed by atoms with Crippen molar-refractivity contribution in [3.63, 3.8) is 0 Å². The molecule has 0 aliphatic heterocycles. The fraction of sp³-hybridized carbons (Fsp3) is 0. The molecule has 0 aromatic heterocycles. The van der Waals surface area contributed by atoms with Gasteiger partial charge in [0.2, 0.25) is 0 Å². The lowest BCUT2D eigenvalue weighted by Crippen LogP contribution is -1.99. The van der Waals surface area contributed by atoms with Gasteiger partial charge in [-0.3, -0.25) is 4.79 Å². The van der Waals surface area contributed by atoms with Crippen LogP contribution in [0.5, 0.6) is 11.5 Å². The van der Waals surface area contributed by atoms with E-state index in [0.29, 0.717) is 16.9 Å². The molecule has 0 atom stereocenters. The Hall–Kier alpha value is -3.07. The number of para-hydroxylation sites is 1. The molecular formula is C19H16O3. The third-order valence-corrected chi connectivity index (χ3v) is 2.92. The Labute approximate surface area is 129 Å². The van der Waals surface area contributed by atoms with E-state index in [1.165, 1.54) is 12.1 Å². The number of phenolic OH excluding ortho intramolecular Hbond substituents is 2. The number of phenols is 2. The monoisotopic (exact) mass is 292 g/mol. The Kier molecular flexibility index (Phi) is 5.32. The average molecular weight is 292 g/mol. The van der Waals surface area contributed by atoms with Crippen LogP contribution in [0.3, 0.4) is 0 Å². The van der Waals surface area contributed by atoms with Gasteiger partial charge in [0.1, 0.15) is 11.5 Å². The number of ketones is 1. The van der Waals surface area contributed by atoms with Gasteiger partial charge in [-0.2, -0.15) is 0 Å². The van der Waals surface area contributed by atoms with Gasteiger partial charge in [0.25, 0.3) is 0 Å². The first-order valence-corrected chi connectivity index (χ1v) is 6.79. The molecule has 3 rings (SSSR count). The molecule has 0 radical (unpaired) electrons. The first-order chi connectivity index (χ1) is 10.7. The highest BCUT2D eigenvalue weighted by molar-refractivity contribution is 6.08. The summed E-state index contributed by atoms with van der Waals surface area (Å²) >= 11 is 0. The second-order valence-electron chi connectivity index (χ2n) is 4.58. The second kappa shape index (κ2) is 7.64. The predicted octanol–water partition coefficient (Wildman–Crippen LogP) is 4.02. The van der Waals surface area contributed by atoms with Gasteiger partial charge >= 0.3 is 0 Å². The highest BCUT2D eigenvalue weighted by Gasteiger charge is 2.07. The molecule has 0 bridgehead atoms. The Balaban J connectivity index is 0.000000211. The minimum absolute atomic E-state index is 0.0319. The van der Waals surface area contributed by atoms with Crippen molar-refractivity contribution in [2.24, 2.45) is 0 Å². The largest absolute Gasteiger partial charge is 0.508 e. The molecule has 0 saturated carbocycles. The normalized spacial score (nSPS) is 9.45. The zero-order valence-electron chi connectivity index (χ0n) is 11.9. The summed E-state index contributed by atoms with van der Waals surface area (Å²) in [5.74, 6) is 0.456. The van der Waals surface area contributed by atoms with Crippen LogP contribution in [0.15, 0.2) is 84.9 Å². The Morgan fingerprint density at radius 3 is 1.41 bits per heavy atom. The Bertz CT molecular complexity index is 705. The van der Waals surface area contributed by atoms with Gasteiger partial charge in [-0.25, -0.2) is 0 Å². The fourth-order valence-electron chi connectivity index (χ4n) is 1.80. The zero-order valence-corrected chi connectivity index (χ0v) is 11.9. The number of carbonyl (C=O) groups excluding carboxylic acids is 1. The highest BCUT2D eigenvalue weighted by atomic mass is 16.3. The van der Waals surface area contributed by atoms with Crippen molar-refractivity contribution in [2.45, 2.75) is 0 Å². The van der Waals surface area contributed by atoms with Crippen LogP contribution >= 0.6 is 0 Å². The molecule has 0 amide bonds. The molecule has 0 fully saturated rings. The van der Waals surface area contributed by atoms with Crippen LogP contribution in [0.1, 0.15) is 15.9 Å². The third kappa shape index (κ3) is 4.49. The quantitative estimate of drug-likeness (QED) is 0.701. The molecule has 0 heterocycles. The number of carbonyl (C=O) groups is 1. The Morgan fingerprint density at radius 1 is 0.545 bits per heavy atom. The minimum atomic E-state index is -0.0319. The number of hydrogen-bond acceptors (Lipinski definition) is 3. The molecule has 3 aromatic carbocycles. The van der Waals surface area contributed by atoms with Gasteiger partial charge in [0.15, 0.2) is 5.78 Å². The van der Waals surface area contributed by atoms with Crippen LogP contribution in [-0.2, 0) is 0 Å². The molecule has 2 N–H and O–H groups in total. The molecule has 0 aliphatic carbocycles. The summed E-state index contributed by atoms with van der Waals surface area (Å²) in [6.45, 7) is 0. The standard InChI is InChI=1S/C13H10O2.C6H6O/c14-12-8-6-11(7-9-12)13(15)10-4-2-1-3-5-10;7-6-4-2-1-3-5-6/h1-9,14H;1-5,7H. The first kappa shape index (κ1) is 15.3. The van der Waals surface area contributed by atoms with Crippen LogP contribution in [-0.4, -0.2) is 16.0 Å². The van der Waals surface area contributed by atoms with Gasteiger partial charge in [0.05, 0.1) is 0 Å². The number of benzene rings is 3. The maximum Gasteiger partial charge on any atom is 0.193 e. The Morgan fingerprint density at radius 2 is 0.955 bits per heavy atom. The lowest BCUT2D eigenvalue weighted by Gasteiger charge is -2.00. The molecule has 3 nitrogen and oxygen atoms in total. The molecule has 22 heavy (non-hydrogen) atoms. The summed E-state index contributed by atoms with van der Waals surface area (Å²) in [7, 11) is 0. The van der Waals surface area contributed by atoms with Crippen molar-refractivity contribution in [1.29, 1.82) is 0 Å². The second-order valence-corrected chi connectivity index (χ2v) is 4.58. The summed E-state index contributed by atoms with van der Waals surface area (Å²) in [6, 6.07) is 24.0. The van der Waals surface area contributed by atoms with Gasteiger partial charge in [0, 0.05) is 11.1 Å². The van der Waals surface area contributed by atoms with Crippen LogP contribution in [0, 0.1) is 0 Å². The van der Waals surface area contributed by atoms with Crippen LogP contribution in [0.25, 0.3) is 0 Å². The lowest BCUT2D eigenvalue weighted by atomic mass is 10.0. The van der Waals surface area contributed by atoms with E-state index in [1.54, 1.807) is 48.5 Å². The fourth-order valence-corrected chi connectivity index (χ4v) is 1.80. The third-order valence-electron chi connectivity index (χ3n) is 2.92. The van der Waals surface area contributed by atoms with Crippen LogP contribution in [0.2, 0.25) is 0 Å². The number of hydrogen-bond donors (Lipinski definition) is 2. The van der Waals surface area contributed by atoms with Gasteiger partial charge < -0.3 is 10.2 Å². The average Bonchev–Trinajstić information content (AvgIpc) is 2.57. The van der Waals surface area contributed by atoms with E-state index >= 15 is 0 Å². The highest BCUT2D eigenvalue weighted by Crippen LogP contribution is 2.13. The molecule has 110 valence electrons. The summed E-state index contributed by atoms with van der Waals surface area (Å²) in [5.41, 5.74) is 1.24. The summed E-state index contributed by atoms with van der Waals surface area (Å²) < 4.78 is 0. The lowest BCUT2D eigenvalue weighted by molar-refractivity contribution is 0.103. The van der Waals surface area contributed by atoms with Crippen molar-refractivity contribution in [3.8, 4) is 11.5 Å². The van der Waals surface area contributed by atoms with E-state index in [1.807, 2.05) is 24.3 Å². The van der Waals surface area contributed by atoms with Gasteiger partial charge in [-0.1, -0.05) is 48.5 Å². The van der Waals surface area contributed by atoms with Gasteiger partial charge in [-0.15, -0.1) is 0 Å². The molecule has 0 aliphatic rings. The first-order valence-electron chi connectivity index (χ1n) is 6.79. The van der Waals surface area contributed by atoms with E-state index in [2.05, 4.69) is 0 Å². The molecular weight excluding hydrogens is 276 g/mol. The van der Waals surface area contributed by atoms with E-state index < -0.39 is 0 Å². The maximum atomic E-state index is 11.9. The van der Waals surface area contributed by atoms with Crippen molar-refractivity contribution >= 4 is 5.78 Å². The van der Waals surface area contributed by atoms with Crippen LogP contribution in [0.4, 0.5) is 0 Å². The van der Waals surface area contributed by atoms with Crippen LogP contribution < -0.4 is 0 Å². The SMILES string of the molecule is O=C(c1ccccc1)c1ccc(O)cc1.Oc1ccccc1. The van der Waals surface area contributed by atoms with Crippen molar-refractivity contribution < 1.29 is 15.0 Å². The topological polar surface area (TPSA) is 57.5 Å². The molecule has 3 aromatic rings. The van der Waals surface area contributed by atoms with E-state index in [-0.39, 0.29) is 11.5 Å². The summed E-state index contributed by atoms with van der Waals surface area (Å²) in [5, 5.41) is 17.7. The van der Waals surface area contributed by atoms with E-state index in [9.17, 15) is 4.79 Å². The maximum absolute atomic E-state index is 11.9. The predicted molar refractivity (Wildman–Crippen MR) is 86.1 cm³/mol. The minimum Gasteiger partial charge on any atom is -0.508 e. The molecule has 0 saturated heterocycles. The van der Waals surface area contributed by atoms with Crippen molar-refractivity contribution in [1.82, 2.24) is 0 Å². The smallest absolute Gasteiger partial charge is 0.193 e. The molecule has 0 unspecified atom stereocenters. The number of rotatable bonds is 2. The molecule has 3 heteroatoms. The summed E-state index contributed by atoms with van der Waals surface area (Å²) in [6.07, 6.45) is 0. The van der Waals surface area contributed by atoms with E-state index in [4.69, 9.17) is 10.2 Å². The van der Waals surface area contributed by atoms with E-state index in [0.717, 1.165) is 0 Å². The summed E-state index contributed by atoms with van der Waals surface area (Å²) in [4.78, 5) is 11.9. The van der Waals surface area contributed by atoms with Crippen molar-refractivity contribution in [3.05, 3.63) is 96.1 Å². The van der Waals surface area contributed by atoms with Crippen molar-refractivity contribution in [2.75, 3.05) is 0 Å². The number of aromatic hydroxyl groups is 2. The zero-order chi connectivity index (χ0) is 15.8.